The average Bonchev–Trinajstić information content (AvgIpc) is 3.08. The minimum absolute atomic E-state index is 0.288. The number of hydrogen-bond donors (Lipinski definition) is 3. The minimum Gasteiger partial charge on any atom is -0.387 e. The Hall–Kier alpha value is -1.44. The fourth-order valence-corrected chi connectivity index (χ4v) is 7.10. The highest BCUT2D eigenvalue weighted by molar-refractivity contribution is 7.85. The molecule has 6 nitrogen and oxygen atoms in total. The lowest BCUT2D eigenvalue weighted by Crippen LogP contribution is -2.46. The van der Waals surface area contributed by atoms with Crippen molar-refractivity contribution in [2.75, 3.05) is 5.75 Å². The third kappa shape index (κ3) is 37.8. The van der Waals surface area contributed by atoms with Gasteiger partial charge in [0, 0.05) is 6.42 Å². The minimum atomic E-state index is -4.35. The normalized spacial score (nSPS) is 13.6. The fourth-order valence-electron chi connectivity index (χ4n) is 6.36. The molecule has 2 atom stereocenters. The molecule has 0 saturated carbocycles. The maximum Gasteiger partial charge on any atom is 0.267 e. The van der Waals surface area contributed by atoms with Crippen LogP contribution in [0.4, 0.5) is 0 Å². The molecule has 1 amide bonds. The second kappa shape index (κ2) is 37.3. The van der Waals surface area contributed by atoms with Gasteiger partial charge in [-0.2, -0.15) is 8.42 Å². The summed E-state index contributed by atoms with van der Waals surface area (Å²) in [6.07, 6.45) is 48.5. The summed E-state index contributed by atoms with van der Waals surface area (Å²) in [6.45, 7) is 4.53. The van der Waals surface area contributed by atoms with E-state index in [0.717, 1.165) is 38.5 Å². The second-order valence-corrected chi connectivity index (χ2v) is 16.1. The first-order valence-corrected chi connectivity index (χ1v) is 22.8. The molecule has 7 heteroatoms. The van der Waals surface area contributed by atoms with Crippen molar-refractivity contribution in [2.45, 2.75) is 225 Å². The molecule has 3 N–H and O–H groups in total. The summed E-state index contributed by atoms with van der Waals surface area (Å²) in [5.41, 5.74) is 0. The number of carbonyl (C=O) groups excluding carboxylic acids is 1. The highest BCUT2D eigenvalue weighted by Crippen LogP contribution is 2.15. The van der Waals surface area contributed by atoms with Gasteiger partial charge in [-0.1, -0.05) is 198 Å². The Morgan fingerprint density at radius 2 is 0.860 bits per heavy atom. The van der Waals surface area contributed by atoms with Crippen molar-refractivity contribution in [1.82, 2.24) is 5.32 Å². The predicted octanol–water partition coefficient (Wildman–Crippen LogP) is 12.5. The number of carbonyl (C=O) groups is 1. The second-order valence-electron chi connectivity index (χ2n) is 14.6. The van der Waals surface area contributed by atoms with Gasteiger partial charge in [0.25, 0.3) is 10.1 Å². The Kier molecular flexibility index (Phi) is 36.2. The molecule has 0 aromatic rings. The molecule has 294 valence electrons. The zero-order valence-corrected chi connectivity index (χ0v) is 33.6. The van der Waals surface area contributed by atoms with Crippen LogP contribution in [-0.2, 0) is 14.9 Å². The number of nitrogens with one attached hydrogen (secondary N) is 1. The first-order valence-electron chi connectivity index (χ1n) is 21.2. The van der Waals surface area contributed by atoms with E-state index in [-0.39, 0.29) is 12.3 Å². The molecule has 0 bridgehead atoms. The molecule has 2 unspecified atom stereocenters. The first kappa shape index (κ1) is 48.6. The molecule has 0 spiro atoms. The summed E-state index contributed by atoms with van der Waals surface area (Å²) in [5.74, 6) is -1.00. The summed E-state index contributed by atoms with van der Waals surface area (Å²) < 4.78 is 32.5. The Morgan fingerprint density at radius 3 is 1.26 bits per heavy atom. The molecule has 0 saturated heterocycles. The van der Waals surface area contributed by atoms with E-state index in [0.29, 0.717) is 6.42 Å². The lowest BCUT2D eigenvalue weighted by atomic mass is 10.0. The fraction of sp³-hybridized carbons (Fsp3) is 0.837. The monoisotopic (exact) mass is 724 g/mol. The van der Waals surface area contributed by atoms with Gasteiger partial charge >= 0.3 is 0 Å². The number of rotatable bonds is 38. The van der Waals surface area contributed by atoms with Gasteiger partial charge in [0.1, 0.15) is 0 Å². The zero-order chi connectivity index (χ0) is 36.8. The van der Waals surface area contributed by atoms with Gasteiger partial charge in [-0.15, -0.1) is 0 Å². The van der Waals surface area contributed by atoms with E-state index in [4.69, 9.17) is 0 Å². The van der Waals surface area contributed by atoms with Gasteiger partial charge in [-0.25, -0.2) is 0 Å². The maximum atomic E-state index is 12.5. The van der Waals surface area contributed by atoms with Crippen LogP contribution in [0.3, 0.4) is 0 Å². The van der Waals surface area contributed by atoms with Crippen LogP contribution in [0.25, 0.3) is 0 Å². The zero-order valence-electron chi connectivity index (χ0n) is 32.8. The summed E-state index contributed by atoms with van der Waals surface area (Å²) in [4.78, 5) is 12.5. The Bertz CT molecular complexity index is 930. The quantitative estimate of drug-likeness (QED) is 0.0334. The Balaban J connectivity index is 3.97. The molecule has 0 aliphatic heterocycles. The molecule has 0 fully saturated rings. The molecule has 0 aliphatic rings. The first-order chi connectivity index (χ1) is 24.3. The molecule has 0 aromatic carbocycles. The number of hydrogen-bond acceptors (Lipinski definition) is 4. The largest absolute Gasteiger partial charge is 0.387 e. The van der Waals surface area contributed by atoms with Crippen molar-refractivity contribution in [3.63, 3.8) is 0 Å². The lowest BCUT2D eigenvalue weighted by Gasteiger charge is -2.21. The molecule has 0 rings (SSSR count). The van der Waals surface area contributed by atoms with Crippen molar-refractivity contribution in [1.29, 1.82) is 0 Å². The van der Waals surface area contributed by atoms with Gasteiger partial charge in [0.15, 0.2) is 0 Å². The van der Waals surface area contributed by atoms with E-state index >= 15 is 0 Å². The highest BCUT2D eigenvalue weighted by Gasteiger charge is 2.24. The molecule has 0 heterocycles. The van der Waals surface area contributed by atoms with Crippen molar-refractivity contribution in [3.8, 4) is 0 Å². The number of unbranched alkanes of at least 4 members (excludes halogenated alkanes) is 26. The highest BCUT2D eigenvalue weighted by atomic mass is 32.2. The molecular formula is C43H81NO5S. The summed E-state index contributed by atoms with van der Waals surface area (Å²) >= 11 is 0. The van der Waals surface area contributed by atoms with Gasteiger partial charge in [-0.3, -0.25) is 9.35 Å². The predicted molar refractivity (Wildman–Crippen MR) is 216 cm³/mol. The van der Waals surface area contributed by atoms with Crippen molar-refractivity contribution in [2.24, 2.45) is 0 Å². The Labute approximate surface area is 310 Å². The van der Waals surface area contributed by atoms with Crippen LogP contribution in [0.5, 0.6) is 0 Å². The van der Waals surface area contributed by atoms with Crippen LogP contribution < -0.4 is 5.32 Å². The van der Waals surface area contributed by atoms with E-state index in [9.17, 15) is 22.9 Å². The molecular weight excluding hydrogens is 643 g/mol. The van der Waals surface area contributed by atoms with Crippen LogP contribution in [0.1, 0.15) is 213 Å². The third-order valence-corrected chi connectivity index (χ3v) is 10.3. The maximum absolute atomic E-state index is 12.5. The summed E-state index contributed by atoms with van der Waals surface area (Å²) in [7, 11) is -4.35. The van der Waals surface area contributed by atoms with Crippen molar-refractivity contribution < 1.29 is 22.9 Å². The van der Waals surface area contributed by atoms with Crippen molar-refractivity contribution in [3.05, 3.63) is 36.5 Å². The number of amides is 1. The molecule has 50 heavy (non-hydrogen) atoms. The summed E-state index contributed by atoms with van der Waals surface area (Å²) in [6, 6.07) is -1.08. The molecule has 0 aromatic heterocycles. The average molecular weight is 724 g/mol. The van der Waals surface area contributed by atoms with Crippen LogP contribution in [0.2, 0.25) is 0 Å². The number of allylic oxidation sites excluding steroid dienone is 5. The smallest absolute Gasteiger partial charge is 0.267 e. The van der Waals surface area contributed by atoms with Gasteiger partial charge < -0.3 is 10.4 Å². The molecule has 0 radical (unpaired) electrons. The lowest BCUT2D eigenvalue weighted by molar-refractivity contribution is -0.122. The number of aliphatic hydroxyl groups is 1. The van der Waals surface area contributed by atoms with E-state index in [1.807, 2.05) is 0 Å². The Morgan fingerprint density at radius 1 is 0.520 bits per heavy atom. The standard InChI is InChI=1S/C43H81NO5S/c1-3-5-7-9-11-13-15-17-19-21-22-23-24-26-28-30-32-34-36-38-42(45)41(40-50(47,48)49)44-43(46)39-37-35-33-31-29-27-25-20-18-16-14-12-10-8-6-4-2/h22-23,28,30,36,38,41-42,45H,3-21,24-27,29,31-35,37,39-40H2,1-2H3,(H,44,46)(H,47,48,49)/b23-22+,30-28+,38-36+. The van der Waals surface area contributed by atoms with E-state index in [2.05, 4.69) is 43.5 Å². The molecule has 0 aliphatic carbocycles. The van der Waals surface area contributed by atoms with Gasteiger partial charge in [0.2, 0.25) is 5.91 Å². The summed E-state index contributed by atoms with van der Waals surface area (Å²) in [5, 5.41) is 13.2. The third-order valence-electron chi connectivity index (χ3n) is 9.55. The van der Waals surface area contributed by atoms with E-state index in [1.54, 1.807) is 6.08 Å². The van der Waals surface area contributed by atoms with Crippen molar-refractivity contribution >= 4 is 16.0 Å². The number of aliphatic hydroxyl groups excluding tert-OH is 1. The van der Waals surface area contributed by atoms with Gasteiger partial charge in [0.05, 0.1) is 17.9 Å². The SMILES string of the molecule is CCCCCCCCCCC/C=C/CC/C=C/CC/C=C/C(O)C(CS(=O)(=O)O)NC(=O)CCCCCCCCCCCCCCCCCC. The van der Waals surface area contributed by atoms with Gasteiger partial charge in [-0.05, 0) is 44.9 Å². The van der Waals surface area contributed by atoms with E-state index in [1.165, 1.54) is 154 Å². The van der Waals surface area contributed by atoms with Crippen LogP contribution >= 0.6 is 0 Å². The van der Waals surface area contributed by atoms with Crippen LogP contribution in [0.15, 0.2) is 36.5 Å². The van der Waals surface area contributed by atoms with Crippen LogP contribution in [-0.4, -0.2) is 41.9 Å². The van der Waals surface area contributed by atoms with Crippen LogP contribution in [0, 0.1) is 0 Å². The topological polar surface area (TPSA) is 104 Å². The van der Waals surface area contributed by atoms with E-state index < -0.39 is 28.0 Å².